The average Bonchev–Trinajstić information content (AvgIpc) is 2.68. The molecule has 1 aliphatic carbocycles. The number of hydrogen-bond donors (Lipinski definition) is 1. The molecule has 0 radical (unpaired) electrons. The van der Waals surface area contributed by atoms with Crippen molar-refractivity contribution in [1.29, 1.82) is 0 Å². The van der Waals surface area contributed by atoms with Crippen LogP contribution >= 0.6 is 0 Å². The second-order valence-electron chi connectivity index (χ2n) is 5.35. The third-order valence-corrected chi connectivity index (χ3v) is 3.58. The number of nitrogens with two attached hydrogens (primary N) is 1. The van der Waals surface area contributed by atoms with Crippen molar-refractivity contribution in [3.63, 3.8) is 0 Å². The van der Waals surface area contributed by atoms with Crippen LogP contribution in [0.3, 0.4) is 0 Å². The smallest absolute Gasteiger partial charge is 0.202 e. The number of nitrogens with zero attached hydrogens (tertiary/aromatic N) is 3. The minimum atomic E-state index is 0.327. The van der Waals surface area contributed by atoms with Crippen LogP contribution in [-0.2, 0) is 0 Å². The Bertz CT molecular complexity index is 568. The topological polar surface area (TPSA) is 56.7 Å². The van der Waals surface area contributed by atoms with Crippen molar-refractivity contribution in [3.8, 4) is 0 Å². The second kappa shape index (κ2) is 2.75. The quantitative estimate of drug-likeness (QED) is 0.795. The van der Waals surface area contributed by atoms with Crippen LogP contribution in [0.2, 0.25) is 0 Å². The fourth-order valence-electron chi connectivity index (χ4n) is 2.31. The monoisotopic (exact) mass is 216 g/mol. The number of aryl methyl sites for hydroxylation is 1. The SMILES string of the molecule is Cc1ccnc2c1nc(N)n2C1CC1(C)C. The summed E-state index contributed by atoms with van der Waals surface area (Å²) >= 11 is 0. The zero-order valence-corrected chi connectivity index (χ0v) is 9.86. The minimum absolute atomic E-state index is 0.327. The van der Waals surface area contributed by atoms with Crippen molar-refractivity contribution >= 4 is 17.1 Å². The van der Waals surface area contributed by atoms with Crippen molar-refractivity contribution in [2.75, 3.05) is 5.73 Å². The van der Waals surface area contributed by atoms with E-state index in [1.807, 2.05) is 19.2 Å². The van der Waals surface area contributed by atoms with Gasteiger partial charge in [-0.05, 0) is 30.4 Å². The lowest BCUT2D eigenvalue weighted by molar-refractivity contribution is 0.551. The highest BCUT2D eigenvalue weighted by molar-refractivity contribution is 5.77. The molecule has 1 atom stereocenters. The molecule has 1 aliphatic rings. The van der Waals surface area contributed by atoms with E-state index in [0.717, 1.165) is 23.1 Å². The number of aromatic nitrogens is 3. The number of imidazole rings is 1. The van der Waals surface area contributed by atoms with E-state index in [-0.39, 0.29) is 0 Å². The molecule has 0 aliphatic heterocycles. The van der Waals surface area contributed by atoms with Crippen LogP contribution in [0, 0.1) is 12.3 Å². The third kappa shape index (κ3) is 1.16. The van der Waals surface area contributed by atoms with Gasteiger partial charge in [-0.25, -0.2) is 9.97 Å². The van der Waals surface area contributed by atoms with E-state index in [2.05, 4.69) is 28.4 Å². The van der Waals surface area contributed by atoms with Crippen molar-refractivity contribution in [3.05, 3.63) is 17.8 Å². The zero-order chi connectivity index (χ0) is 11.5. The van der Waals surface area contributed by atoms with Gasteiger partial charge in [-0.3, -0.25) is 4.57 Å². The molecular weight excluding hydrogens is 200 g/mol. The Hall–Kier alpha value is -1.58. The van der Waals surface area contributed by atoms with Gasteiger partial charge >= 0.3 is 0 Å². The maximum atomic E-state index is 6.00. The summed E-state index contributed by atoms with van der Waals surface area (Å²) in [7, 11) is 0. The van der Waals surface area contributed by atoms with Crippen molar-refractivity contribution < 1.29 is 0 Å². The van der Waals surface area contributed by atoms with Gasteiger partial charge in [0.15, 0.2) is 5.65 Å². The number of nitrogen functional groups attached to an aromatic ring is 1. The molecule has 0 amide bonds. The van der Waals surface area contributed by atoms with Gasteiger partial charge in [0.1, 0.15) is 5.52 Å². The summed E-state index contributed by atoms with van der Waals surface area (Å²) in [5, 5.41) is 0. The predicted molar refractivity (Wildman–Crippen MR) is 64.1 cm³/mol. The van der Waals surface area contributed by atoms with Gasteiger partial charge in [0.25, 0.3) is 0 Å². The maximum absolute atomic E-state index is 6.00. The molecule has 16 heavy (non-hydrogen) atoms. The highest BCUT2D eigenvalue weighted by Crippen LogP contribution is 2.56. The zero-order valence-electron chi connectivity index (χ0n) is 9.86. The molecule has 1 unspecified atom stereocenters. The Balaban J connectivity index is 2.25. The standard InChI is InChI=1S/C12H16N4/c1-7-4-5-14-10-9(7)15-11(13)16(10)8-6-12(8,2)3/h4-5,8H,6H2,1-3H3,(H2,13,15). The van der Waals surface area contributed by atoms with E-state index in [9.17, 15) is 0 Å². The van der Waals surface area contributed by atoms with E-state index in [1.54, 1.807) is 0 Å². The fraction of sp³-hybridized carbons (Fsp3) is 0.500. The summed E-state index contributed by atoms with van der Waals surface area (Å²) in [4.78, 5) is 8.83. The summed E-state index contributed by atoms with van der Waals surface area (Å²) in [5.74, 6) is 0.590. The molecule has 0 saturated heterocycles. The molecular formula is C12H16N4. The van der Waals surface area contributed by atoms with Crippen molar-refractivity contribution in [2.24, 2.45) is 5.41 Å². The van der Waals surface area contributed by atoms with Gasteiger partial charge in [-0.15, -0.1) is 0 Å². The summed E-state index contributed by atoms with van der Waals surface area (Å²) in [6.07, 6.45) is 2.98. The van der Waals surface area contributed by atoms with Gasteiger partial charge in [0, 0.05) is 12.2 Å². The van der Waals surface area contributed by atoms with Crippen molar-refractivity contribution in [2.45, 2.75) is 33.2 Å². The molecule has 2 heterocycles. The molecule has 2 N–H and O–H groups in total. The molecule has 4 heteroatoms. The fourth-order valence-corrected chi connectivity index (χ4v) is 2.31. The van der Waals surface area contributed by atoms with Crippen LogP contribution in [0.4, 0.5) is 5.95 Å². The van der Waals surface area contributed by atoms with Gasteiger partial charge < -0.3 is 5.73 Å². The predicted octanol–water partition coefficient (Wildman–Crippen LogP) is 2.29. The Kier molecular flexibility index (Phi) is 1.66. The molecule has 84 valence electrons. The lowest BCUT2D eigenvalue weighted by atomic mass is 10.2. The Labute approximate surface area is 94.5 Å². The molecule has 4 nitrogen and oxygen atoms in total. The molecule has 1 fully saturated rings. The molecule has 0 aromatic carbocycles. The first-order chi connectivity index (χ1) is 7.50. The molecule has 0 spiro atoms. The summed E-state index contributed by atoms with van der Waals surface area (Å²) in [5.41, 5.74) is 9.31. The second-order valence-corrected chi connectivity index (χ2v) is 5.35. The Morgan fingerprint density at radius 2 is 2.19 bits per heavy atom. The first kappa shape index (κ1) is 9.63. The first-order valence-electron chi connectivity index (χ1n) is 5.60. The normalized spacial score (nSPS) is 22.6. The minimum Gasteiger partial charge on any atom is -0.369 e. The third-order valence-electron chi connectivity index (χ3n) is 3.58. The molecule has 0 bridgehead atoms. The molecule has 2 aromatic heterocycles. The Morgan fingerprint density at radius 1 is 1.50 bits per heavy atom. The van der Waals surface area contributed by atoms with Crippen LogP contribution < -0.4 is 5.73 Å². The number of anilines is 1. The highest BCUT2D eigenvalue weighted by atomic mass is 15.2. The highest BCUT2D eigenvalue weighted by Gasteiger charge is 2.48. The van der Waals surface area contributed by atoms with Crippen LogP contribution in [-0.4, -0.2) is 14.5 Å². The van der Waals surface area contributed by atoms with Crippen LogP contribution in [0.1, 0.15) is 31.9 Å². The summed E-state index contributed by atoms with van der Waals surface area (Å²) in [6, 6.07) is 2.42. The lowest BCUT2D eigenvalue weighted by Gasteiger charge is -2.07. The van der Waals surface area contributed by atoms with Gasteiger partial charge in [0.05, 0.1) is 0 Å². The van der Waals surface area contributed by atoms with Gasteiger partial charge in [-0.1, -0.05) is 13.8 Å². The van der Waals surface area contributed by atoms with Crippen LogP contribution in [0.5, 0.6) is 0 Å². The number of pyridine rings is 1. The average molecular weight is 216 g/mol. The van der Waals surface area contributed by atoms with Crippen LogP contribution in [0.25, 0.3) is 11.2 Å². The lowest BCUT2D eigenvalue weighted by Crippen LogP contribution is -2.05. The number of hydrogen-bond acceptors (Lipinski definition) is 3. The molecule has 1 saturated carbocycles. The molecule has 3 rings (SSSR count). The van der Waals surface area contributed by atoms with E-state index >= 15 is 0 Å². The first-order valence-corrected chi connectivity index (χ1v) is 5.60. The Morgan fingerprint density at radius 3 is 2.81 bits per heavy atom. The van der Waals surface area contributed by atoms with Gasteiger partial charge in [0.2, 0.25) is 5.95 Å². The van der Waals surface area contributed by atoms with E-state index in [0.29, 0.717) is 17.4 Å². The number of fused-ring (bicyclic) bond motifs is 1. The van der Waals surface area contributed by atoms with E-state index < -0.39 is 0 Å². The van der Waals surface area contributed by atoms with Crippen LogP contribution in [0.15, 0.2) is 12.3 Å². The number of rotatable bonds is 1. The summed E-state index contributed by atoms with van der Waals surface area (Å²) < 4.78 is 2.09. The maximum Gasteiger partial charge on any atom is 0.202 e. The molecule has 2 aromatic rings. The van der Waals surface area contributed by atoms with E-state index in [1.165, 1.54) is 0 Å². The van der Waals surface area contributed by atoms with Gasteiger partial charge in [-0.2, -0.15) is 0 Å². The van der Waals surface area contributed by atoms with Crippen molar-refractivity contribution in [1.82, 2.24) is 14.5 Å². The van der Waals surface area contributed by atoms with E-state index in [4.69, 9.17) is 5.73 Å². The summed E-state index contributed by atoms with van der Waals surface area (Å²) in [6.45, 7) is 6.54. The largest absolute Gasteiger partial charge is 0.369 e.